The summed E-state index contributed by atoms with van der Waals surface area (Å²) in [5.74, 6) is -0.204. The third kappa shape index (κ3) is 4.29. The zero-order valence-electron chi connectivity index (χ0n) is 11.6. The molecule has 0 aliphatic carbocycles. The van der Waals surface area contributed by atoms with Crippen molar-refractivity contribution < 1.29 is 4.79 Å². The summed E-state index contributed by atoms with van der Waals surface area (Å²) in [7, 11) is 0. The number of nitrogens with one attached hydrogen (secondary N) is 1. The molecule has 110 valence electrons. The molecule has 0 aliphatic rings. The molecule has 5 heteroatoms. The summed E-state index contributed by atoms with van der Waals surface area (Å²) >= 11 is 6.04. The summed E-state index contributed by atoms with van der Waals surface area (Å²) in [5, 5.41) is 3.37. The van der Waals surface area contributed by atoms with Crippen molar-refractivity contribution in [2.75, 3.05) is 11.9 Å². The van der Waals surface area contributed by atoms with E-state index in [1.54, 1.807) is 12.1 Å². The fourth-order valence-electron chi connectivity index (χ4n) is 2.07. The second-order valence-electron chi connectivity index (χ2n) is 4.75. The highest BCUT2D eigenvalue weighted by molar-refractivity contribution is 6.31. The van der Waals surface area contributed by atoms with E-state index >= 15 is 0 Å². The topological polar surface area (TPSA) is 81.1 Å². The zero-order chi connectivity index (χ0) is 15.2. The maximum atomic E-state index is 12.3. The van der Waals surface area contributed by atoms with Crippen LogP contribution in [0.25, 0.3) is 0 Å². The fraction of sp³-hybridized carbons (Fsp3) is 0.188. The van der Waals surface area contributed by atoms with Crippen LogP contribution in [0.15, 0.2) is 42.5 Å². The van der Waals surface area contributed by atoms with Crippen LogP contribution in [0.2, 0.25) is 5.02 Å². The number of hydrogen-bond acceptors (Lipinski definition) is 3. The molecular formula is C16H18ClN3O. The van der Waals surface area contributed by atoms with Gasteiger partial charge < -0.3 is 16.8 Å². The molecule has 0 spiro atoms. The maximum absolute atomic E-state index is 12.3. The number of hydrogen-bond donors (Lipinski definition) is 3. The lowest BCUT2D eigenvalue weighted by Crippen LogP contribution is -2.13. The summed E-state index contributed by atoms with van der Waals surface area (Å²) in [5.41, 5.74) is 14.3. The highest BCUT2D eigenvalue weighted by Crippen LogP contribution is 2.18. The number of nitrogens with two attached hydrogens (primary N) is 2. The van der Waals surface area contributed by atoms with Crippen LogP contribution in [0.1, 0.15) is 21.5 Å². The molecule has 0 bridgehead atoms. The van der Waals surface area contributed by atoms with Crippen LogP contribution in [0.5, 0.6) is 0 Å². The van der Waals surface area contributed by atoms with Gasteiger partial charge in [0.1, 0.15) is 0 Å². The van der Waals surface area contributed by atoms with Gasteiger partial charge in [-0.1, -0.05) is 23.7 Å². The van der Waals surface area contributed by atoms with Crippen LogP contribution in [0.3, 0.4) is 0 Å². The second kappa shape index (κ2) is 7.22. The van der Waals surface area contributed by atoms with Gasteiger partial charge in [-0.05, 0) is 54.4 Å². The van der Waals surface area contributed by atoms with E-state index in [9.17, 15) is 4.79 Å². The fourth-order valence-corrected chi connectivity index (χ4v) is 2.33. The Bertz CT molecular complexity index is 643. The van der Waals surface area contributed by atoms with Crippen LogP contribution < -0.4 is 16.8 Å². The van der Waals surface area contributed by atoms with Crippen molar-refractivity contribution in [1.29, 1.82) is 0 Å². The molecule has 4 nitrogen and oxygen atoms in total. The summed E-state index contributed by atoms with van der Waals surface area (Å²) in [6.45, 7) is 0.946. The first-order valence-electron chi connectivity index (χ1n) is 6.72. The van der Waals surface area contributed by atoms with Gasteiger partial charge >= 0.3 is 0 Å². The number of amides is 1. The van der Waals surface area contributed by atoms with Gasteiger partial charge in [-0.25, -0.2) is 0 Å². The maximum Gasteiger partial charge on any atom is 0.255 e. The van der Waals surface area contributed by atoms with Gasteiger partial charge in [-0.2, -0.15) is 0 Å². The number of rotatable bonds is 5. The predicted octanol–water partition coefficient (Wildman–Crippen LogP) is 2.55. The summed E-state index contributed by atoms with van der Waals surface area (Å²) in [4.78, 5) is 12.3. The van der Waals surface area contributed by atoms with Crippen molar-refractivity contribution in [3.8, 4) is 0 Å². The molecule has 2 aromatic rings. The molecule has 0 saturated heterocycles. The van der Waals surface area contributed by atoms with Crippen molar-refractivity contribution in [3.05, 3.63) is 64.2 Å². The van der Waals surface area contributed by atoms with E-state index in [1.165, 1.54) is 0 Å². The van der Waals surface area contributed by atoms with Crippen LogP contribution in [0, 0.1) is 0 Å². The minimum absolute atomic E-state index is 0.204. The van der Waals surface area contributed by atoms with Gasteiger partial charge in [-0.15, -0.1) is 0 Å². The Kier molecular flexibility index (Phi) is 5.33. The average Bonchev–Trinajstić information content (AvgIpc) is 2.47. The summed E-state index contributed by atoms with van der Waals surface area (Å²) in [6, 6.07) is 12.7. The quantitative estimate of drug-likeness (QED) is 0.794. The summed E-state index contributed by atoms with van der Waals surface area (Å²) in [6.07, 6.45) is 0.684. The third-order valence-electron chi connectivity index (χ3n) is 3.07. The van der Waals surface area contributed by atoms with Gasteiger partial charge in [0.25, 0.3) is 5.91 Å². The summed E-state index contributed by atoms with van der Waals surface area (Å²) < 4.78 is 0. The number of anilines is 1. The normalized spacial score (nSPS) is 10.4. The largest absolute Gasteiger partial charge is 0.330 e. The van der Waals surface area contributed by atoms with Crippen molar-refractivity contribution >= 4 is 23.2 Å². The van der Waals surface area contributed by atoms with Crippen LogP contribution in [0.4, 0.5) is 5.69 Å². The number of carbonyl (C=O) groups excluding carboxylic acids is 1. The average molecular weight is 304 g/mol. The van der Waals surface area contributed by atoms with Gasteiger partial charge in [0.05, 0.1) is 0 Å². The van der Waals surface area contributed by atoms with Gasteiger partial charge in [0, 0.05) is 22.8 Å². The third-order valence-corrected chi connectivity index (χ3v) is 3.29. The lowest BCUT2D eigenvalue weighted by atomic mass is 10.1. The Morgan fingerprint density at radius 2 is 1.90 bits per heavy atom. The van der Waals surface area contributed by atoms with Gasteiger partial charge in [-0.3, -0.25) is 4.79 Å². The molecular weight excluding hydrogens is 286 g/mol. The van der Waals surface area contributed by atoms with Crippen LogP contribution in [-0.4, -0.2) is 12.5 Å². The second-order valence-corrected chi connectivity index (χ2v) is 5.18. The van der Waals surface area contributed by atoms with Crippen molar-refractivity contribution in [3.63, 3.8) is 0 Å². The van der Waals surface area contributed by atoms with E-state index in [-0.39, 0.29) is 5.91 Å². The lowest BCUT2D eigenvalue weighted by Gasteiger charge is -2.09. The molecule has 0 heterocycles. The molecule has 2 aromatic carbocycles. The SMILES string of the molecule is NCCc1cc(Cl)cc(C(=O)Nc2cccc(CN)c2)c1. The molecule has 5 N–H and O–H groups in total. The molecule has 1 amide bonds. The number of carbonyl (C=O) groups is 1. The van der Waals surface area contributed by atoms with Crippen molar-refractivity contribution in [2.45, 2.75) is 13.0 Å². The number of benzene rings is 2. The highest BCUT2D eigenvalue weighted by atomic mass is 35.5. The first kappa shape index (κ1) is 15.5. The molecule has 21 heavy (non-hydrogen) atoms. The van der Waals surface area contributed by atoms with E-state index in [2.05, 4.69) is 5.32 Å². The molecule has 0 fully saturated rings. The Hall–Kier alpha value is -1.88. The minimum Gasteiger partial charge on any atom is -0.330 e. The van der Waals surface area contributed by atoms with Crippen molar-refractivity contribution in [1.82, 2.24) is 0 Å². The number of halogens is 1. The molecule has 0 saturated carbocycles. The molecule has 0 unspecified atom stereocenters. The molecule has 0 atom stereocenters. The van der Waals surface area contributed by atoms with Crippen LogP contribution in [-0.2, 0) is 13.0 Å². The van der Waals surface area contributed by atoms with E-state index in [0.29, 0.717) is 35.8 Å². The minimum atomic E-state index is -0.204. The Balaban J connectivity index is 2.19. The zero-order valence-corrected chi connectivity index (χ0v) is 12.4. The van der Waals surface area contributed by atoms with Gasteiger partial charge in [0.15, 0.2) is 0 Å². The van der Waals surface area contributed by atoms with Crippen LogP contribution >= 0.6 is 11.6 Å². The molecule has 0 radical (unpaired) electrons. The monoisotopic (exact) mass is 303 g/mol. The van der Waals surface area contributed by atoms with Crippen molar-refractivity contribution in [2.24, 2.45) is 11.5 Å². The Morgan fingerprint density at radius 1 is 1.10 bits per heavy atom. The Morgan fingerprint density at radius 3 is 2.62 bits per heavy atom. The van der Waals surface area contributed by atoms with E-state index < -0.39 is 0 Å². The van der Waals surface area contributed by atoms with Gasteiger partial charge in [0.2, 0.25) is 0 Å². The Labute approximate surface area is 129 Å². The highest BCUT2D eigenvalue weighted by Gasteiger charge is 2.09. The first-order valence-corrected chi connectivity index (χ1v) is 7.10. The predicted molar refractivity (Wildman–Crippen MR) is 86.5 cm³/mol. The van der Waals surface area contributed by atoms with E-state index in [1.807, 2.05) is 30.3 Å². The van der Waals surface area contributed by atoms with E-state index in [4.69, 9.17) is 23.1 Å². The smallest absolute Gasteiger partial charge is 0.255 e. The molecule has 2 rings (SSSR count). The standard InChI is InChI=1S/C16H18ClN3O/c17-14-7-11(4-5-18)6-13(9-14)16(21)20-15-3-1-2-12(8-15)10-19/h1-3,6-9H,4-5,10,18-19H2,(H,20,21). The lowest BCUT2D eigenvalue weighted by molar-refractivity contribution is 0.102. The molecule has 0 aromatic heterocycles. The van der Waals surface area contributed by atoms with E-state index in [0.717, 1.165) is 11.1 Å². The molecule has 0 aliphatic heterocycles. The first-order chi connectivity index (χ1) is 10.1.